The number of piperidine rings is 1. The van der Waals surface area contributed by atoms with Gasteiger partial charge < -0.3 is 19.9 Å². The number of fused-ring (bicyclic) bond motifs is 3. The van der Waals surface area contributed by atoms with Crippen LogP contribution in [0.1, 0.15) is 75.5 Å². The Bertz CT molecular complexity index is 1310. The van der Waals surface area contributed by atoms with Crippen LogP contribution in [0, 0.1) is 17.7 Å². The maximum absolute atomic E-state index is 13.2. The van der Waals surface area contributed by atoms with Gasteiger partial charge >= 0.3 is 5.97 Å². The van der Waals surface area contributed by atoms with Crippen molar-refractivity contribution in [3.63, 3.8) is 0 Å². The zero-order valence-corrected chi connectivity index (χ0v) is 18.1. The number of esters is 1. The van der Waals surface area contributed by atoms with Gasteiger partial charge in [0.2, 0.25) is 0 Å². The van der Waals surface area contributed by atoms with Gasteiger partial charge in [-0.1, -0.05) is 27.7 Å². The third-order valence-corrected chi connectivity index (χ3v) is 4.65. The number of nitrogens with zero attached hydrogens (tertiary/aromatic N) is 1. The third kappa shape index (κ3) is 4.75. The maximum Gasteiger partial charge on any atom is 0.323 e. The van der Waals surface area contributed by atoms with Crippen LogP contribution in [0.4, 0.5) is 0 Å². The van der Waals surface area contributed by atoms with E-state index < -0.39 is 109 Å². The van der Waals surface area contributed by atoms with Crippen molar-refractivity contribution in [3.8, 4) is 11.5 Å². The Balaban J connectivity index is 2.67. The van der Waals surface area contributed by atoms with Crippen LogP contribution in [0.25, 0.3) is 0 Å². The summed E-state index contributed by atoms with van der Waals surface area (Å²) >= 11 is 0. The topological polar surface area (TPSA) is 74.0 Å². The second-order valence-corrected chi connectivity index (χ2v) is 7.82. The highest BCUT2D eigenvalue weighted by Gasteiger charge is 2.41. The predicted octanol–water partition coefficient (Wildman–Crippen LogP) is 3.56. The zero-order valence-electron chi connectivity index (χ0n) is 31.1. The number of carbonyl (C=O) groups excluding carboxylic acids is 1. The van der Waals surface area contributed by atoms with Crippen LogP contribution in [0.3, 0.4) is 0 Å². The first kappa shape index (κ1) is 11.2. The Hall–Kier alpha value is -1.79. The summed E-state index contributed by atoms with van der Waals surface area (Å²) in [6.07, 6.45) is -11.6. The number of ether oxygens (including phenoxy) is 3. The van der Waals surface area contributed by atoms with Gasteiger partial charge in [-0.3, -0.25) is 9.69 Å². The molecule has 1 aromatic carbocycles. The van der Waals surface area contributed by atoms with Gasteiger partial charge in [-0.2, -0.15) is 0 Å². The Morgan fingerprint density at radius 1 is 1.30 bits per heavy atom. The number of rotatable bonds is 7. The number of carbonyl (C=O) groups is 1. The first-order chi connectivity index (χ1) is 19.2. The van der Waals surface area contributed by atoms with Crippen molar-refractivity contribution in [2.75, 3.05) is 27.2 Å². The molecule has 1 saturated heterocycles. The molecule has 30 heavy (non-hydrogen) atoms. The van der Waals surface area contributed by atoms with E-state index in [9.17, 15) is 14.4 Å². The molecule has 0 aliphatic carbocycles. The van der Waals surface area contributed by atoms with Gasteiger partial charge in [-0.25, -0.2) is 0 Å². The average molecular weight is 432 g/mol. The number of benzene rings is 1. The summed E-state index contributed by atoms with van der Waals surface area (Å²) in [5.74, 6) is -6.96. The molecule has 6 nitrogen and oxygen atoms in total. The lowest BCUT2D eigenvalue weighted by molar-refractivity contribution is -0.160. The summed E-state index contributed by atoms with van der Waals surface area (Å²) in [6.45, 7) is -1.24. The van der Waals surface area contributed by atoms with Gasteiger partial charge in [0.25, 0.3) is 0 Å². The second kappa shape index (κ2) is 9.56. The minimum absolute atomic E-state index is 0.128. The van der Waals surface area contributed by atoms with Crippen LogP contribution < -0.4 is 15.2 Å². The summed E-state index contributed by atoms with van der Waals surface area (Å²) in [7, 11) is 2.13. The maximum atomic E-state index is 13.2. The monoisotopic (exact) mass is 431 g/mol. The summed E-state index contributed by atoms with van der Waals surface area (Å²) in [5.41, 5.74) is 3.87. The van der Waals surface area contributed by atoms with E-state index in [1.807, 2.05) is 0 Å². The lowest BCUT2D eigenvalue weighted by Gasteiger charge is -2.47. The molecule has 168 valence electrons. The van der Waals surface area contributed by atoms with Crippen LogP contribution in [0.5, 0.6) is 11.5 Å². The molecule has 0 bridgehead atoms. The molecule has 0 aromatic heterocycles. The number of methoxy groups -OCH3 is 2. The van der Waals surface area contributed by atoms with E-state index in [1.54, 1.807) is 0 Å². The third-order valence-electron chi connectivity index (χ3n) is 4.65. The lowest BCUT2D eigenvalue weighted by atomic mass is 9.79. The van der Waals surface area contributed by atoms with Gasteiger partial charge in [-0.15, -0.1) is 0 Å². The summed E-state index contributed by atoms with van der Waals surface area (Å²) in [4.78, 5) is 13.1. The van der Waals surface area contributed by atoms with Crippen molar-refractivity contribution in [1.29, 1.82) is 0 Å². The van der Waals surface area contributed by atoms with Crippen molar-refractivity contribution in [2.24, 2.45) is 23.5 Å². The van der Waals surface area contributed by atoms with Gasteiger partial charge in [0.1, 0.15) is 12.1 Å². The van der Waals surface area contributed by atoms with Crippen molar-refractivity contribution in [3.05, 3.63) is 23.2 Å². The standard InChI is InChI=1S/C24H38N2O4/c1-14(2)9-17-13-26-8-7-16-10-21(28-5)22(29-6)11-18(16)19(26)12-20(17)30-24(27)23(25)15(3)4/h10-11,14-15,17,19-20,23H,7-9,12-13,25H2,1-6H3/t17?,19?,20?,23-/m0/s1/i7D2,8D2,10D,11D,12D2,13D2,17D,19D,20D. The van der Waals surface area contributed by atoms with E-state index in [0.717, 1.165) is 14.2 Å². The molecular formula is C24H38N2O4. The quantitative estimate of drug-likeness (QED) is 0.666. The van der Waals surface area contributed by atoms with Crippen molar-refractivity contribution >= 4 is 5.97 Å². The normalized spacial score (nSPS) is 45.3. The molecule has 2 aliphatic heterocycles. The second-order valence-electron chi connectivity index (χ2n) is 7.82. The highest BCUT2D eigenvalue weighted by Crippen LogP contribution is 2.44. The van der Waals surface area contributed by atoms with Crippen LogP contribution in [0.2, 0.25) is 0 Å². The van der Waals surface area contributed by atoms with Crippen LogP contribution in [-0.2, 0) is 15.9 Å². The zero-order chi connectivity index (χ0) is 33.7. The van der Waals surface area contributed by atoms with E-state index in [0.29, 0.717) is 0 Å². The molecule has 2 aliphatic rings. The first-order valence-electron chi connectivity index (χ1n) is 16.3. The van der Waals surface area contributed by atoms with Crippen LogP contribution >= 0.6 is 0 Å². The Morgan fingerprint density at radius 3 is 2.57 bits per heavy atom. The van der Waals surface area contributed by atoms with Gasteiger partial charge in [0, 0.05) is 43.6 Å². The van der Waals surface area contributed by atoms with E-state index >= 15 is 0 Å². The van der Waals surface area contributed by atoms with Crippen molar-refractivity contribution < 1.29 is 36.8 Å². The van der Waals surface area contributed by atoms with E-state index in [1.165, 1.54) is 27.7 Å². The molecule has 2 N–H and O–H groups in total. The highest BCUT2D eigenvalue weighted by atomic mass is 16.5. The smallest absolute Gasteiger partial charge is 0.323 e. The Kier molecular flexibility index (Phi) is 3.57. The van der Waals surface area contributed by atoms with E-state index in [2.05, 4.69) is 0 Å². The van der Waals surface area contributed by atoms with Crippen molar-refractivity contribution in [2.45, 2.75) is 65.0 Å². The molecule has 4 atom stereocenters. The Morgan fingerprint density at radius 2 is 1.97 bits per heavy atom. The van der Waals surface area contributed by atoms with Gasteiger partial charge in [0.05, 0.1) is 19.7 Å². The lowest BCUT2D eigenvalue weighted by Crippen LogP contribution is -2.51. The SMILES string of the molecule is [2H]c1c(OC)c(OC)c([2H])c2c1C([2H])([2H])C([2H])([2H])N1C([2H])([2H])C([2H])(CC(C)C)C([2H])(OC(=O)[C@@H](N)C(C)C)C([2H])([2H])C21[2H]. The highest BCUT2D eigenvalue weighted by molar-refractivity contribution is 5.76. The minimum Gasteiger partial charge on any atom is -0.493 e. The van der Waals surface area contributed by atoms with Crippen molar-refractivity contribution in [1.82, 2.24) is 4.90 Å². The molecule has 6 heteroatoms. The Labute approximate surface area is 199 Å². The number of nitrogens with two attached hydrogens (primary N) is 1. The summed E-state index contributed by atoms with van der Waals surface area (Å²) in [5, 5.41) is 0. The summed E-state index contributed by atoms with van der Waals surface area (Å²) < 4.78 is 134. The number of hydrogen-bond donors (Lipinski definition) is 1. The fraction of sp³-hybridized carbons (Fsp3) is 0.708. The number of hydrogen-bond acceptors (Lipinski definition) is 6. The van der Waals surface area contributed by atoms with Crippen LogP contribution in [-0.4, -0.2) is 50.2 Å². The largest absolute Gasteiger partial charge is 0.493 e. The average Bonchev–Trinajstić information content (AvgIpc) is 2.85. The predicted molar refractivity (Wildman–Crippen MR) is 118 cm³/mol. The molecule has 2 heterocycles. The van der Waals surface area contributed by atoms with Gasteiger partial charge in [-0.05, 0) is 47.8 Å². The van der Waals surface area contributed by atoms with Gasteiger partial charge in [0.15, 0.2) is 11.5 Å². The minimum atomic E-state index is -3.80. The molecule has 3 rings (SSSR count). The summed E-state index contributed by atoms with van der Waals surface area (Å²) in [6, 6.07) is -6.92. The fourth-order valence-corrected chi connectivity index (χ4v) is 2.95. The molecule has 0 spiro atoms. The fourth-order valence-electron chi connectivity index (χ4n) is 2.95. The van der Waals surface area contributed by atoms with E-state index in [-0.39, 0.29) is 4.90 Å². The molecule has 0 radical (unpaired) electrons. The molecule has 1 aromatic rings. The first-order valence-corrected chi connectivity index (χ1v) is 9.78. The molecule has 3 unspecified atom stereocenters. The molecule has 0 amide bonds. The van der Waals surface area contributed by atoms with Crippen LogP contribution in [0.15, 0.2) is 12.1 Å². The van der Waals surface area contributed by atoms with E-state index in [4.69, 9.17) is 28.2 Å². The molecule has 0 saturated carbocycles. The molecule has 1 fully saturated rings. The molecular weight excluding hydrogens is 380 g/mol.